The van der Waals surface area contributed by atoms with Crippen LogP contribution in [-0.4, -0.2) is 20.0 Å². The number of Topliss-reactive ketones (excluding diaryl/α,β-unsaturated/α-hetero) is 1. The van der Waals surface area contributed by atoms with Crippen molar-refractivity contribution < 1.29 is 19.0 Å². The molecule has 0 fully saturated rings. The maximum atomic E-state index is 12.6. The first-order valence-electron chi connectivity index (χ1n) is 8.10. The molecule has 1 aromatic carbocycles. The SMILES string of the molecule is COCc1cc([C@H]2C(C#N)=C(N)OC3=C2C(=O)CCC3)ccc1OC. The van der Waals surface area contributed by atoms with Gasteiger partial charge in [-0.2, -0.15) is 5.26 Å². The Morgan fingerprint density at radius 2 is 2.16 bits per heavy atom. The van der Waals surface area contributed by atoms with Crippen molar-refractivity contribution in [3.63, 3.8) is 0 Å². The smallest absolute Gasteiger partial charge is 0.205 e. The maximum Gasteiger partial charge on any atom is 0.205 e. The van der Waals surface area contributed by atoms with Crippen LogP contribution in [-0.2, 0) is 20.9 Å². The van der Waals surface area contributed by atoms with Crippen LogP contribution in [0.5, 0.6) is 5.75 Å². The number of hydrogen-bond acceptors (Lipinski definition) is 6. The molecule has 0 saturated carbocycles. The summed E-state index contributed by atoms with van der Waals surface area (Å²) in [6.07, 6.45) is 1.84. The summed E-state index contributed by atoms with van der Waals surface area (Å²) in [7, 11) is 3.19. The average Bonchev–Trinajstić information content (AvgIpc) is 2.61. The minimum absolute atomic E-state index is 0.00982. The van der Waals surface area contributed by atoms with Gasteiger partial charge in [-0.25, -0.2) is 0 Å². The summed E-state index contributed by atoms with van der Waals surface area (Å²) in [4.78, 5) is 12.6. The van der Waals surface area contributed by atoms with Crippen molar-refractivity contribution in [3.8, 4) is 11.8 Å². The molecule has 1 aromatic rings. The largest absolute Gasteiger partial charge is 0.496 e. The molecule has 0 aromatic heterocycles. The number of rotatable bonds is 4. The molecule has 2 N–H and O–H groups in total. The first-order chi connectivity index (χ1) is 12.1. The van der Waals surface area contributed by atoms with Crippen molar-refractivity contribution in [1.29, 1.82) is 5.26 Å². The number of carbonyl (C=O) groups excluding carboxylic acids is 1. The summed E-state index contributed by atoms with van der Waals surface area (Å²) >= 11 is 0. The first-order valence-corrected chi connectivity index (χ1v) is 8.10. The zero-order chi connectivity index (χ0) is 18.0. The summed E-state index contributed by atoms with van der Waals surface area (Å²) in [6.45, 7) is 0.362. The van der Waals surface area contributed by atoms with Crippen LogP contribution in [0.2, 0.25) is 0 Å². The second-order valence-corrected chi connectivity index (χ2v) is 6.04. The van der Waals surface area contributed by atoms with E-state index in [2.05, 4.69) is 6.07 Å². The Hall–Kier alpha value is -2.78. The molecular weight excluding hydrogens is 320 g/mol. The molecule has 1 aliphatic heterocycles. The number of carbonyl (C=O) groups is 1. The molecule has 1 atom stereocenters. The van der Waals surface area contributed by atoms with Gasteiger partial charge < -0.3 is 19.9 Å². The molecule has 25 heavy (non-hydrogen) atoms. The highest BCUT2D eigenvalue weighted by molar-refractivity contribution is 5.99. The predicted octanol–water partition coefficient (Wildman–Crippen LogP) is 2.66. The fourth-order valence-electron chi connectivity index (χ4n) is 3.44. The van der Waals surface area contributed by atoms with E-state index in [1.165, 1.54) is 0 Å². The fourth-order valence-corrected chi connectivity index (χ4v) is 3.44. The van der Waals surface area contributed by atoms with Crippen molar-refractivity contribution >= 4 is 5.78 Å². The number of ketones is 1. The van der Waals surface area contributed by atoms with Crippen LogP contribution >= 0.6 is 0 Å². The van der Waals surface area contributed by atoms with Gasteiger partial charge >= 0.3 is 0 Å². The van der Waals surface area contributed by atoms with Gasteiger partial charge in [-0.05, 0) is 24.1 Å². The van der Waals surface area contributed by atoms with Crippen molar-refractivity contribution in [2.24, 2.45) is 5.73 Å². The van der Waals surface area contributed by atoms with E-state index in [1.807, 2.05) is 18.2 Å². The Labute approximate surface area is 146 Å². The molecule has 0 bridgehead atoms. The maximum absolute atomic E-state index is 12.6. The topological polar surface area (TPSA) is 94.6 Å². The summed E-state index contributed by atoms with van der Waals surface area (Å²) in [6, 6.07) is 7.68. The van der Waals surface area contributed by atoms with E-state index in [4.69, 9.17) is 19.9 Å². The number of benzene rings is 1. The molecule has 0 spiro atoms. The van der Waals surface area contributed by atoms with E-state index in [9.17, 15) is 10.1 Å². The van der Waals surface area contributed by atoms with Crippen LogP contribution in [0.25, 0.3) is 0 Å². The van der Waals surface area contributed by atoms with E-state index < -0.39 is 5.92 Å². The number of nitrogens with zero attached hydrogens (tertiary/aromatic N) is 1. The van der Waals surface area contributed by atoms with Crippen LogP contribution in [0.15, 0.2) is 41.0 Å². The highest BCUT2D eigenvalue weighted by Gasteiger charge is 2.38. The normalized spacial score (nSPS) is 20.0. The van der Waals surface area contributed by atoms with Crippen LogP contribution in [0.1, 0.15) is 36.3 Å². The summed E-state index contributed by atoms with van der Waals surface area (Å²) in [5.74, 6) is 0.850. The Morgan fingerprint density at radius 3 is 2.84 bits per heavy atom. The van der Waals surface area contributed by atoms with Gasteiger partial charge in [-0.3, -0.25) is 4.79 Å². The Kier molecular flexibility index (Phi) is 4.77. The first kappa shape index (κ1) is 17.1. The van der Waals surface area contributed by atoms with Gasteiger partial charge in [0, 0.05) is 31.1 Å². The molecule has 0 amide bonds. The average molecular weight is 340 g/mol. The molecule has 6 nitrogen and oxygen atoms in total. The minimum atomic E-state index is -0.511. The third-order valence-electron chi connectivity index (χ3n) is 4.54. The minimum Gasteiger partial charge on any atom is -0.496 e. The lowest BCUT2D eigenvalue weighted by atomic mass is 9.77. The summed E-state index contributed by atoms with van der Waals surface area (Å²) in [5, 5.41) is 9.59. The van der Waals surface area contributed by atoms with Crippen LogP contribution < -0.4 is 10.5 Å². The monoisotopic (exact) mass is 340 g/mol. The Balaban J connectivity index is 2.15. The third kappa shape index (κ3) is 2.99. The second kappa shape index (κ2) is 6.99. The molecule has 0 saturated heterocycles. The standard InChI is InChI=1S/C19H20N2O4/c1-23-10-12-8-11(6-7-15(12)24-2)17-13(9-20)19(21)25-16-5-3-4-14(22)18(16)17/h6-8,17H,3-5,10,21H2,1-2H3/t17-/m0/s1. The molecule has 130 valence electrons. The number of nitriles is 1. The van der Waals surface area contributed by atoms with Crippen molar-refractivity contribution in [3.05, 3.63) is 52.1 Å². The highest BCUT2D eigenvalue weighted by atomic mass is 16.5. The van der Waals surface area contributed by atoms with Gasteiger partial charge in [0.2, 0.25) is 5.88 Å². The lowest BCUT2D eigenvalue weighted by Gasteiger charge is -2.31. The molecule has 0 unspecified atom stereocenters. The summed E-state index contributed by atoms with van der Waals surface area (Å²) < 4.78 is 16.2. The number of allylic oxidation sites excluding steroid dienone is 3. The number of nitrogens with two attached hydrogens (primary N) is 1. The second-order valence-electron chi connectivity index (χ2n) is 6.04. The zero-order valence-corrected chi connectivity index (χ0v) is 14.3. The van der Waals surface area contributed by atoms with Crippen molar-refractivity contribution in [2.45, 2.75) is 31.8 Å². The molecular formula is C19H20N2O4. The molecule has 2 aliphatic rings. The van der Waals surface area contributed by atoms with Gasteiger partial charge in [0.05, 0.1) is 19.6 Å². The molecule has 3 rings (SSSR count). The van der Waals surface area contributed by atoms with E-state index in [1.54, 1.807) is 14.2 Å². The van der Waals surface area contributed by atoms with Gasteiger partial charge in [-0.1, -0.05) is 6.07 Å². The van der Waals surface area contributed by atoms with Crippen LogP contribution in [0.3, 0.4) is 0 Å². The van der Waals surface area contributed by atoms with Gasteiger partial charge in [0.25, 0.3) is 0 Å². The summed E-state index contributed by atoms with van der Waals surface area (Å²) in [5.41, 5.74) is 8.42. The van der Waals surface area contributed by atoms with E-state index in [0.717, 1.165) is 17.5 Å². The Bertz CT molecular complexity index is 817. The Morgan fingerprint density at radius 1 is 1.36 bits per heavy atom. The molecule has 6 heteroatoms. The quantitative estimate of drug-likeness (QED) is 0.905. The predicted molar refractivity (Wildman–Crippen MR) is 90.2 cm³/mol. The van der Waals surface area contributed by atoms with Gasteiger partial charge in [0.1, 0.15) is 23.2 Å². The number of methoxy groups -OCH3 is 2. The van der Waals surface area contributed by atoms with Crippen LogP contribution in [0, 0.1) is 11.3 Å². The zero-order valence-electron chi connectivity index (χ0n) is 14.3. The lowest BCUT2D eigenvalue weighted by molar-refractivity contribution is -0.116. The lowest BCUT2D eigenvalue weighted by Crippen LogP contribution is -2.27. The molecule has 1 aliphatic carbocycles. The van der Waals surface area contributed by atoms with E-state index >= 15 is 0 Å². The number of ether oxygens (including phenoxy) is 3. The van der Waals surface area contributed by atoms with Crippen molar-refractivity contribution in [1.82, 2.24) is 0 Å². The van der Waals surface area contributed by atoms with Crippen LogP contribution in [0.4, 0.5) is 0 Å². The van der Waals surface area contributed by atoms with Gasteiger partial charge in [0.15, 0.2) is 5.78 Å². The van der Waals surface area contributed by atoms with E-state index in [-0.39, 0.29) is 17.2 Å². The highest BCUT2D eigenvalue weighted by Crippen LogP contribution is 2.44. The van der Waals surface area contributed by atoms with Gasteiger partial charge in [-0.15, -0.1) is 0 Å². The number of hydrogen-bond donors (Lipinski definition) is 1. The molecule has 1 heterocycles. The molecule has 0 radical (unpaired) electrons. The van der Waals surface area contributed by atoms with Crippen molar-refractivity contribution in [2.75, 3.05) is 14.2 Å². The fraction of sp³-hybridized carbons (Fsp3) is 0.368. The third-order valence-corrected chi connectivity index (χ3v) is 4.54. The van der Waals surface area contributed by atoms with E-state index in [0.29, 0.717) is 36.5 Å².